The number of carbonyl (C=O) groups is 1. The highest BCUT2D eigenvalue weighted by molar-refractivity contribution is 7.84. The molecule has 5 rings (SSSR count). The highest BCUT2D eigenvalue weighted by Crippen LogP contribution is 2.44. The summed E-state index contributed by atoms with van der Waals surface area (Å²) in [6.45, 7) is 2.35. The van der Waals surface area contributed by atoms with Crippen molar-refractivity contribution in [3.63, 3.8) is 0 Å². The van der Waals surface area contributed by atoms with Gasteiger partial charge in [0.05, 0.1) is 36.3 Å². The number of aromatic nitrogens is 1. The molecule has 0 amide bonds. The zero-order valence-corrected chi connectivity index (χ0v) is 21.5. The number of piperidine rings is 1. The molecular weight excluding hydrogens is 480 g/mol. The number of methoxy groups -OCH3 is 2. The van der Waals surface area contributed by atoms with Gasteiger partial charge in [0.2, 0.25) is 0 Å². The molecule has 3 aromatic rings. The van der Waals surface area contributed by atoms with Crippen LogP contribution in [-0.2, 0) is 23.1 Å². The van der Waals surface area contributed by atoms with E-state index in [4.69, 9.17) is 9.47 Å². The fourth-order valence-electron chi connectivity index (χ4n) is 5.30. The van der Waals surface area contributed by atoms with Crippen LogP contribution in [0, 0.1) is 0 Å². The summed E-state index contributed by atoms with van der Waals surface area (Å²) in [5, 5.41) is 21.8. The lowest BCUT2D eigenvalue weighted by molar-refractivity contribution is 0.0697. The Kier molecular flexibility index (Phi) is 6.94. The van der Waals surface area contributed by atoms with Crippen LogP contribution in [-0.4, -0.2) is 57.2 Å². The molecule has 1 aliphatic heterocycles. The van der Waals surface area contributed by atoms with Crippen molar-refractivity contribution in [2.75, 3.05) is 27.3 Å². The monoisotopic (exact) mass is 512 g/mol. The van der Waals surface area contributed by atoms with Crippen LogP contribution in [0.1, 0.15) is 59.8 Å². The molecule has 8 nitrogen and oxygen atoms in total. The van der Waals surface area contributed by atoms with Crippen molar-refractivity contribution in [2.24, 2.45) is 0 Å². The highest BCUT2D eigenvalue weighted by atomic mass is 32.2. The molecule has 36 heavy (non-hydrogen) atoms. The minimum Gasteiger partial charge on any atom is -0.508 e. The third-order valence-corrected chi connectivity index (χ3v) is 8.51. The lowest BCUT2D eigenvalue weighted by Crippen LogP contribution is -2.29. The fourth-order valence-corrected chi connectivity index (χ4v) is 6.46. The predicted octanol–water partition coefficient (Wildman–Crippen LogP) is 4.69. The van der Waals surface area contributed by atoms with Gasteiger partial charge in [0.15, 0.2) is 11.5 Å². The van der Waals surface area contributed by atoms with Crippen LogP contribution >= 0.6 is 0 Å². The number of aromatic hydroxyl groups is 1. The molecule has 1 saturated carbocycles. The third-order valence-electron chi connectivity index (χ3n) is 7.20. The molecule has 2 aliphatic rings. The molecule has 1 atom stereocenters. The molecule has 9 heteroatoms. The Morgan fingerprint density at radius 1 is 1.06 bits per heavy atom. The first-order valence-corrected chi connectivity index (χ1v) is 13.7. The Bertz CT molecular complexity index is 1320. The third kappa shape index (κ3) is 4.57. The van der Waals surface area contributed by atoms with Gasteiger partial charge in [0.1, 0.15) is 5.75 Å². The molecule has 1 aromatic heterocycles. The van der Waals surface area contributed by atoms with Gasteiger partial charge < -0.3 is 24.3 Å². The maximum atomic E-state index is 13.5. The second-order valence-corrected chi connectivity index (χ2v) is 11.0. The zero-order chi connectivity index (χ0) is 25.4. The van der Waals surface area contributed by atoms with E-state index >= 15 is 0 Å². The van der Waals surface area contributed by atoms with Crippen LogP contribution in [0.5, 0.6) is 17.2 Å². The number of nitrogens with zero attached hydrogens (tertiary/aromatic N) is 2. The van der Waals surface area contributed by atoms with Crippen molar-refractivity contribution in [1.29, 1.82) is 0 Å². The van der Waals surface area contributed by atoms with Gasteiger partial charge in [-0.25, -0.2) is 4.79 Å². The summed E-state index contributed by atoms with van der Waals surface area (Å²) in [5.41, 5.74) is 2.12. The zero-order valence-electron chi connectivity index (χ0n) is 20.7. The molecular formula is C27H32N2O6S. The maximum Gasteiger partial charge on any atom is 0.338 e. The first-order valence-electron chi connectivity index (χ1n) is 12.4. The Morgan fingerprint density at radius 2 is 1.78 bits per heavy atom. The number of fused-ring (bicyclic) bond motifs is 1. The van der Waals surface area contributed by atoms with Gasteiger partial charge in [0.25, 0.3) is 0 Å². The van der Waals surface area contributed by atoms with Crippen molar-refractivity contribution in [2.45, 2.75) is 55.3 Å². The molecule has 2 fully saturated rings. The molecule has 0 radical (unpaired) electrons. The van der Waals surface area contributed by atoms with E-state index in [2.05, 4.69) is 9.47 Å². The van der Waals surface area contributed by atoms with Crippen LogP contribution in [0.2, 0.25) is 0 Å². The Hall–Kier alpha value is -3.04. The molecule has 1 saturated heterocycles. The van der Waals surface area contributed by atoms with E-state index in [9.17, 15) is 19.2 Å². The van der Waals surface area contributed by atoms with Crippen LogP contribution in [0.25, 0.3) is 10.9 Å². The van der Waals surface area contributed by atoms with E-state index < -0.39 is 16.8 Å². The van der Waals surface area contributed by atoms with E-state index in [1.54, 1.807) is 37.4 Å². The highest BCUT2D eigenvalue weighted by Gasteiger charge is 2.34. The summed E-state index contributed by atoms with van der Waals surface area (Å²) >= 11 is 0. The number of aromatic carboxylic acids is 1. The molecule has 2 heterocycles. The number of ether oxygens (including phenoxy) is 2. The first kappa shape index (κ1) is 24.6. The number of benzene rings is 2. The SMILES string of the molecule is COc1ccc(S(=O)Cc2c(C(=O)O)c3c(CN4CCCCC4)c(O)ccc3n2C2CC2)cc1OC. The number of phenolic OH excluding ortho intramolecular Hbond substituents is 1. The van der Waals surface area contributed by atoms with Gasteiger partial charge >= 0.3 is 5.97 Å². The number of carboxylic acid groups (broad SMARTS) is 1. The fraction of sp³-hybridized carbons (Fsp3) is 0.444. The minimum absolute atomic E-state index is 0.0478. The molecule has 2 aromatic carbocycles. The topological polar surface area (TPSA) is 101 Å². The quantitative estimate of drug-likeness (QED) is 0.429. The summed E-state index contributed by atoms with van der Waals surface area (Å²) in [6, 6.07) is 8.74. The smallest absolute Gasteiger partial charge is 0.338 e. The van der Waals surface area contributed by atoms with Gasteiger partial charge in [-0.1, -0.05) is 6.42 Å². The van der Waals surface area contributed by atoms with E-state index in [1.165, 1.54) is 13.5 Å². The number of rotatable bonds is 9. The van der Waals surface area contributed by atoms with E-state index in [0.29, 0.717) is 39.6 Å². The lowest BCUT2D eigenvalue weighted by Gasteiger charge is -2.27. The standard InChI is InChI=1S/C27H32N2O6S/c1-34-23-11-8-18(14-24(23)35-2)36(33)16-21-26(27(31)32)25-19(15-28-12-4-3-5-13-28)22(30)10-9-20(25)29(21)17-6-7-17/h8-11,14,17,30H,3-7,12-13,15-16H2,1-2H3,(H,31,32). The minimum atomic E-state index is -1.52. The summed E-state index contributed by atoms with van der Waals surface area (Å²) < 4.78 is 26.3. The Balaban J connectivity index is 1.62. The van der Waals surface area contributed by atoms with Gasteiger partial charge in [-0.05, 0) is 63.0 Å². The maximum absolute atomic E-state index is 13.5. The van der Waals surface area contributed by atoms with E-state index in [1.807, 2.05) is 0 Å². The van der Waals surface area contributed by atoms with Crippen LogP contribution < -0.4 is 9.47 Å². The molecule has 0 spiro atoms. The summed E-state index contributed by atoms with van der Waals surface area (Å²) in [5.74, 6) is 0.0969. The summed E-state index contributed by atoms with van der Waals surface area (Å²) in [7, 11) is 1.54. The molecule has 2 N–H and O–H groups in total. The van der Waals surface area contributed by atoms with Gasteiger partial charge in [0, 0.05) is 45.7 Å². The van der Waals surface area contributed by atoms with Crippen molar-refractivity contribution in [3.05, 3.63) is 47.2 Å². The molecule has 192 valence electrons. The van der Waals surface area contributed by atoms with Crippen molar-refractivity contribution in [1.82, 2.24) is 9.47 Å². The van der Waals surface area contributed by atoms with Crippen LogP contribution in [0.15, 0.2) is 35.2 Å². The van der Waals surface area contributed by atoms with Crippen molar-refractivity contribution in [3.8, 4) is 17.2 Å². The number of likely N-dealkylation sites (tertiary alicyclic amines) is 1. The lowest BCUT2D eigenvalue weighted by atomic mass is 10.0. The number of phenols is 1. The van der Waals surface area contributed by atoms with Crippen LogP contribution in [0.4, 0.5) is 0 Å². The normalized spacial score (nSPS) is 17.3. The largest absolute Gasteiger partial charge is 0.508 e. The van der Waals surface area contributed by atoms with Crippen molar-refractivity contribution >= 4 is 27.7 Å². The molecule has 1 aliphatic carbocycles. The molecule has 1 unspecified atom stereocenters. The first-order chi connectivity index (χ1) is 17.4. The Labute approximate surface area is 212 Å². The van der Waals surface area contributed by atoms with Crippen LogP contribution in [0.3, 0.4) is 0 Å². The van der Waals surface area contributed by atoms with Crippen molar-refractivity contribution < 1.29 is 28.7 Å². The van der Waals surface area contributed by atoms with E-state index in [0.717, 1.165) is 44.3 Å². The van der Waals surface area contributed by atoms with Gasteiger partial charge in [-0.15, -0.1) is 0 Å². The number of hydrogen-bond donors (Lipinski definition) is 2. The summed E-state index contributed by atoms with van der Waals surface area (Å²) in [4.78, 5) is 15.5. The average molecular weight is 513 g/mol. The molecule has 0 bridgehead atoms. The number of carboxylic acids is 1. The second kappa shape index (κ2) is 10.1. The van der Waals surface area contributed by atoms with E-state index in [-0.39, 0.29) is 23.1 Å². The van der Waals surface area contributed by atoms with Gasteiger partial charge in [-0.3, -0.25) is 9.11 Å². The van der Waals surface area contributed by atoms with Gasteiger partial charge in [-0.2, -0.15) is 0 Å². The summed E-state index contributed by atoms with van der Waals surface area (Å²) in [6.07, 6.45) is 5.28. The predicted molar refractivity (Wildman–Crippen MR) is 138 cm³/mol. The second-order valence-electron chi connectivity index (χ2n) is 9.53. The Morgan fingerprint density at radius 3 is 2.42 bits per heavy atom. The average Bonchev–Trinajstić information content (AvgIpc) is 3.67. The number of hydrogen-bond acceptors (Lipinski definition) is 6.